The van der Waals surface area contributed by atoms with E-state index in [4.69, 9.17) is 25.0 Å². The zero-order valence-corrected chi connectivity index (χ0v) is 13.8. The fraction of sp³-hybridized carbons (Fsp3) is 0.588. The Balaban J connectivity index is 1.98. The Morgan fingerprint density at radius 3 is 2.92 bits per heavy atom. The van der Waals surface area contributed by atoms with Crippen LogP contribution >= 0.6 is 0 Å². The molecule has 2 heterocycles. The minimum absolute atomic E-state index is 0.330. The standard InChI is InChI=1S/C17H20N4O3/c1-17(2)16(23-14-5-3-4-8-22-14)15(20-21-19)12-9-11(10-18)6-7-13(12)24-17/h6-7,9,14-16H,3-5,8H2,1-2H3. The number of nitriles is 1. The van der Waals surface area contributed by atoms with E-state index in [9.17, 15) is 0 Å². The van der Waals surface area contributed by atoms with Gasteiger partial charge >= 0.3 is 0 Å². The SMILES string of the molecule is CC1(C)Oc2ccc(C#N)cc2C(N=[N+]=[N-])C1OC1CCCCO1. The highest BCUT2D eigenvalue weighted by atomic mass is 16.7. The number of ether oxygens (including phenoxy) is 3. The topological polar surface area (TPSA) is 100 Å². The second-order valence-corrected chi connectivity index (χ2v) is 6.57. The molecule has 1 aromatic rings. The third kappa shape index (κ3) is 3.17. The molecule has 3 unspecified atom stereocenters. The second kappa shape index (κ2) is 6.70. The van der Waals surface area contributed by atoms with Crippen LogP contribution in [0.15, 0.2) is 23.3 Å². The normalized spacial score (nSPS) is 28.0. The van der Waals surface area contributed by atoms with Crippen LogP contribution in [0.1, 0.15) is 50.3 Å². The van der Waals surface area contributed by atoms with Gasteiger partial charge in [0.15, 0.2) is 6.29 Å². The summed E-state index contributed by atoms with van der Waals surface area (Å²) in [6, 6.07) is 6.65. The molecule has 2 aliphatic heterocycles. The molecule has 3 rings (SSSR count). The van der Waals surface area contributed by atoms with E-state index in [0.717, 1.165) is 19.3 Å². The van der Waals surface area contributed by atoms with Crippen molar-refractivity contribution >= 4 is 0 Å². The van der Waals surface area contributed by atoms with Gasteiger partial charge in [0.25, 0.3) is 0 Å². The number of rotatable bonds is 3. The number of hydrogen-bond donors (Lipinski definition) is 0. The predicted molar refractivity (Wildman–Crippen MR) is 86.2 cm³/mol. The second-order valence-electron chi connectivity index (χ2n) is 6.57. The van der Waals surface area contributed by atoms with Crippen molar-refractivity contribution < 1.29 is 14.2 Å². The summed E-state index contributed by atoms with van der Waals surface area (Å²) in [7, 11) is 0. The van der Waals surface area contributed by atoms with Gasteiger partial charge in [0.1, 0.15) is 17.5 Å². The third-order valence-corrected chi connectivity index (χ3v) is 4.41. The molecule has 24 heavy (non-hydrogen) atoms. The summed E-state index contributed by atoms with van der Waals surface area (Å²) < 4.78 is 17.9. The molecular weight excluding hydrogens is 308 g/mol. The van der Waals surface area contributed by atoms with Crippen LogP contribution in [-0.2, 0) is 9.47 Å². The molecule has 0 bridgehead atoms. The maximum absolute atomic E-state index is 9.14. The minimum atomic E-state index is -0.694. The van der Waals surface area contributed by atoms with Crippen LogP contribution in [-0.4, -0.2) is 24.6 Å². The van der Waals surface area contributed by atoms with Crippen LogP contribution in [0.2, 0.25) is 0 Å². The van der Waals surface area contributed by atoms with E-state index >= 15 is 0 Å². The Morgan fingerprint density at radius 1 is 1.42 bits per heavy atom. The molecule has 7 heteroatoms. The Labute approximate surface area is 140 Å². The summed E-state index contributed by atoms with van der Waals surface area (Å²) in [5.41, 5.74) is 9.50. The maximum atomic E-state index is 9.14. The summed E-state index contributed by atoms with van der Waals surface area (Å²) in [6.45, 7) is 4.48. The summed E-state index contributed by atoms with van der Waals surface area (Å²) in [4.78, 5) is 2.99. The average molecular weight is 328 g/mol. The van der Waals surface area contributed by atoms with E-state index in [1.807, 2.05) is 13.8 Å². The van der Waals surface area contributed by atoms with Crippen LogP contribution in [0.3, 0.4) is 0 Å². The highest BCUT2D eigenvalue weighted by Gasteiger charge is 2.46. The number of benzene rings is 1. The summed E-state index contributed by atoms with van der Waals surface area (Å²) in [6.07, 6.45) is 2.04. The van der Waals surface area contributed by atoms with E-state index < -0.39 is 17.7 Å². The van der Waals surface area contributed by atoms with Gasteiger partial charge in [-0.2, -0.15) is 5.26 Å². The van der Waals surface area contributed by atoms with Gasteiger partial charge in [0.05, 0.1) is 17.7 Å². The van der Waals surface area contributed by atoms with Gasteiger partial charge in [-0.25, -0.2) is 0 Å². The summed E-state index contributed by atoms with van der Waals surface area (Å²) in [5, 5.41) is 13.1. The number of azide groups is 1. The highest BCUT2D eigenvalue weighted by molar-refractivity contribution is 5.46. The molecule has 1 saturated heterocycles. The van der Waals surface area contributed by atoms with Gasteiger partial charge in [0, 0.05) is 17.1 Å². The number of fused-ring (bicyclic) bond motifs is 1. The van der Waals surface area contributed by atoms with Crippen molar-refractivity contribution in [2.75, 3.05) is 6.61 Å². The van der Waals surface area contributed by atoms with Gasteiger partial charge in [-0.05, 0) is 56.8 Å². The molecule has 2 aliphatic rings. The molecule has 126 valence electrons. The fourth-order valence-corrected chi connectivity index (χ4v) is 3.23. The fourth-order valence-electron chi connectivity index (χ4n) is 3.23. The zero-order valence-electron chi connectivity index (χ0n) is 13.8. The molecule has 3 atom stereocenters. The molecule has 0 aliphatic carbocycles. The maximum Gasteiger partial charge on any atom is 0.158 e. The van der Waals surface area contributed by atoms with Crippen LogP contribution in [0.5, 0.6) is 5.75 Å². The smallest absolute Gasteiger partial charge is 0.158 e. The first-order valence-electron chi connectivity index (χ1n) is 8.09. The molecule has 1 fully saturated rings. The lowest BCUT2D eigenvalue weighted by molar-refractivity contribution is -0.226. The van der Waals surface area contributed by atoms with Crippen molar-refractivity contribution in [1.29, 1.82) is 5.26 Å². The lowest BCUT2D eigenvalue weighted by Gasteiger charge is -2.44. The molecule has 0 saturated carbocycles. The van der Waals surface area contributed by atoms with Crippen molar-refractivity contribution in [2.24, 2.45) is 5.11 Å². The van der Waals surface area contributed by atoms with Crippen LogP contribution in [0, 0.1) is 11.3 Å². The van der Waals surface area contributed by atoms with Crippen LogP contribution < -0.4 is 4.74 Å². The molecule has 0 radical (unpaired) electrons. The molecule has 0 N–H and O–H groups in total. The van der Waals surface area contributed by atoms with Gasteiger partial charge in [-0.3, -0.25) is 0 Å². The summed E-state index contributed by atoms with van der Waals surface area (Å²) >= 11 is 0. The van der Waals surface area contributed by atoms with Gasteiger partial charge in [0.2, 0.25) is 0 Å². The lowest BCUT2D eigenvalue weighted by atomic mass is 9.86. The van der Waals surface area contributed by atoms with E-state index in [-0.39, 0.29) is 6.29 Å². The quantitative estimate of drug-likeness (QED) is 0.475. The largest absolute Gasteiger partial charge is 0.485 e. The first kappa shape index (κ1) is 16.6. The molecular formula is C17H20N4O3. The van der Waals surface area contributed by atoms with Crippen molar-refractivity contribution in [3.63, 3.8) is 0 Å². The first-order valence-corrected chi connectivity index (χ1v) is 8.09. The average Bonchev–Trinajstić information content (AvgIpc) is 2.58. The predicted octanol–water partition coefficient (Wildman–Crippen LogP) is 3.99. The molecule has 0 amide bonds. The van der Waals surface area contributed by atoms with Crippen LogP contribution in [0.4, 0.5) is 0 Å². The van der Waals surface area contributed by atoms with Gasteiger partial charge in [-0.1, -0.05) is 5.11 Å². The molecule has 7 nitrogen and oxygen atoms in total. The summed E-state index contributed by atoms with van der Waals surface area (Å²) in [5.74, 6) is 0.612. The van der Waals surface area contributed by atoms with Crippen molar-refractivity contribution in [1.82, 2.24) is 0 Å². The van der Waals surface area contributed by atoms with Crippen molar-refractivity contribution in [3.8, 4) is 11.8 Å². The third-order valence-electron chi connectivity index (χ3n) is 4.41. The molecule has 0 aromatic heterocycles. The van der Waals surface area contributed by atoms with Crippen molar-refractivity contribution in [2.45, 2.75) is 57.1 Å². The van der Waals surface area contributed by atoms with E-state index in [0.29, 0.717) is 23.5 Å². The Morgan fingerprint density at radius 2 is 2.25 bits per heavy atom. The first-order chi connectivity index (χ1) is 11.5. The Bertz CT molecular complexity index is 700. The van der Waals surface area contributed by atoms with Gasteiger partial charge in [-0.15, -0.1) is 0 Å². The van der Waals surface area contributed by atoms with Crippen LogP contribution in [0.25, 0.3) is 10.4 Å². The lowest BCUT2D eigenvalue weighted by Crippen LogP contribution is -2.51. The minimum Gasteiger partial charge on any atom is -0.485 e. The number of hydrogen-bond acceptors (Lipinski definition) is 5. The van der Waals surface area contributed by atoms with Gasteiger partial charge < -0.3 is 14.2 Å². The Hall–Kier alpha value is -2.26. The molecule has 0 spiro atoms. The van der Waals surface area contributed by atoms with E-state index in [1.54, 1.807) is 18.2 Å². The van der Waals surface area contributed by atoms with E-state index in [2.05, 4.69) is 16.1 Å². The highest BCUT2D eigenvalue weighted by Crippen LogP contribution is 2.44. The zero-order chi connectivity index (χ0) is 17.2. The Kier molecular flexibility index (Phi) is 4.63. The monoisotopic (exact) mass is 328 g/mol. The van der Waals surface area contributed by atoms with Crippen molar-refractivity contribution in [3.05, 3.63) is 39.8 Å². The molecule has 1 aromatic carbocycles. The van der Waals surface area contributed by atoms with E-state index in [1.165, 1.54) is 0 Å². The number of nitrogens with zero attached hydrogens (tertiary/aromatic N) is 4.